The SMILES string of the molecule is CC([NH2+]CCCC1COc2ccccc2O1)C(O)c1ccccc1.[Cl-]. The highest BCUT2D eigenvalue weighted by Crippen LogP contribution is 2.31. The third-order valence-corrected chi connectivity index (χ3v) is 4.48. The molecule has 3 rings (SSSR count). The molecule has 0 spiro atoms. The van der Waals surface area contributed by atoms with Crippen LogP contribution in [0.2, 0.25) is 0 Å². The fourth-order valence-corrected chi connectivity index (χ4v) is 3.01. The standard InChI is InChI=1S/C20H25NO3.ClH/c1-15(20(22)16-8-3-2-4-9-16)21-13-7-10-17-14-23-18-11-5-6-12-19(18)24-17;/h2-6,8-9,11-12,15,17,20-22H,7,10,13-14H2,1H3;1H. The topological polar surface area (TPSA) is 55.3 Å². The number of hydrogen-bond acceptors (Lipinski definition) is 3. The quantitative estimate of drug-likeness (QED) is 0.639. The monoisotopic (exact) mass is 363 g/mol. The first-order chi connectivity index (χ1) is 11.7. The van der Waals surface area contributed by atoms with E-state index in [0.717, 1.165) is 36.4 Å². The van der Waals surface area contributed by atoms with Crippen LogP contribution in [0.3, 0.4) is 0 Å². The number of aliphatic hydroxyl groups excluding tert-OH is 1. The van der Waals surface area contributed by atoms with Gasteiger partial charge in [0.05, 0.1) is 6.54 Å². The molecule has 1 aliphatic rings. The van der Waals surface area contributed by atoms with Crippen molar-refractivity contribution in [2.75, 3.05) is 13.2 Å². The normalized spacial score (nSPS) is 18.1. The Kier molecular flexibility index (Phi) is 7.56. The van der Waals surface area contributed by atoms with Crippen LogP contribution >= 0.6 is 0 Å². The van der Waals surface area contributed by atoms with E-state index in [1.54, 1.807) is 0 Å². The summed E-state index contributed by atoms with van der Waals surface area (Å²) in [5.41, 5.74) is 0.974. The number of hydrogen-bond donors (Lipinski definition) is 2. The Labute approximate surface area is 155 Å². The highest BCUT2D eigenvalue weighted by Gasteiger charge is 2.21. The average Bonchev–Trinajstić information content (AvgIpc) is 2.65. The van der Waals surface area contributed by atoms with E-state index < -0.39 is 6.10 Å². The molecule has 0 fully saturated rings. The van der Waals surface area contributed by atoms with Gasteiger partial charge in [-0.3, -0.25) is 0 Å². The minimum absolute atomic E-state index is 0. The van der Waals surface area contributed by atoms with E-state index in [1.807, 2.05) is 54.6 Å². The second kappa shape index (κ2) is 9.66. The van der Waals surface area contributed by atoms with Gasteiger partial charge in [-0.15, -0.1) is 0 Å². The van der Waals surface area contributed by atoms with Gasteiger partial charge in [0.25, 0.3) is 0 Å². The zero-order valence-electron chi connectivity index (χ0n) is 14.5. The van der Waals surface area contributed by atoms with E-state index in [1.165, 1.54) is 0 Å². The molecule has 2 aromatic carbocycles. The molecule has 0 radical (unpaired) electrons. The predicted molar refractivity (Wildman–Crippen MR) is 93.2 cm³/mol. The lowest BCUT2D eigenvalue weighted by Gasteiger charge is -2.26. The molecule has 3 unspecified atom stereocenters. The van der Waals surface area contributed by atoms with Gasteiger partial charge in [0, 0.05) is 6.42 Å². The zero-order valence-corrected chi connectivity index (χ0v) is 15.2. The summed E-state index contributed by atoms with van der Waals surface area (Å²) < 4.78 is 11.7. The van der Waals surface area contributed by atoms with Gasteiger partial charge in [-0.1, -0.05) is 42.5 Å². The van der Waals surface area contributed by atoms with Crippen LogP contribution in [0.15, 0.2) is 54.6 Å². The summed E-state index contributed by atoms with van der Waals surface area (Å²) in [6.07, 6.45) is 1.66. The first-order valence-electron chi connectivity index (χ1n) is 8.69. The summed E-state index contributed by atoms with van der Waals surface area (Å²) in [4.78, 5) is 0. The highest BCUT2D eigenvalue weighted by molar-refractivity contribution is 5.40. The van der Waals surface area contributed by atoms with Crippen molar-refractivity contribution in [3.63, 3.8) is 0 Å². The Hall–Kier alpha value is -1.75. The fraction of sp³-hybridized carbons (Fsp3) is 0.400. The first kappa shape index (κ1) is 19.6. The maximum Gasteiger partial charge on any atom is 0.161 e. The molecular weight excluding hydrogens is 338 g/mol. The molecule has 25 heavy (non-hydrogen) atoms. The van der Waals surface area contributed by atoms with Crippen LogP contribution in [0.1, 0.15) is 31.4 Å². The second-order valence-electron chi connectivity index (χ2n) is 6.38. The van der Waals surface area contributed by atoms with Crippen LogP contribution in [0.4, 0.5) is 0 Å². The number of para-hydroxylation sites is 2. The largest absolute Gasteiger partial charge is 1.00 e. The highest BCUT2D eigenvalue weighted by atomic mass is 35.5. The van der Waals surface area contributed by atoms with Crippen molar-refractivity contribution < 1.29 is 32.3 Å². The molecule has 3 N–H and O–H groups in total. The fourth-order valence-electron chi connectivity index (χ4n) is 3.01. The molecule has 2 aromatic rings. The number of aliphatic hydroxyl groups is 1. The molecule has 1 heterocycles. The van der Waals surface area contributed by atoms with Crippen molar-refractivity contribution in [1.82, 2.24) is 0 Å². The van der Waals surface area contributed by atoms with Gasteiger partial charge in [-0.25, -0.2) is 0 Å². The van der Waals surface area contributed by atoms with Crippen molar-refractivity contribution in [1.29, 1.82) is 0 Å². The molecule has 0 amide bonds. The third kappa shape index (κ3) is 5.36. The van der Waals surface area contributed by atoms with E-state index in [2.05, 4.69) is 12.2 Å². The molecule has 1 aliphatic heterocycles. The minimum Gasteiger partial charge on any atom is -1.00 e. The molecule has 0 bridgehead atoms. The van der Waals surface area contributed by atoms with Crippen LogP contribution < -0.4 is 27.2 Å². The van der Waals surface area contributed by atoms with Crippen molar-refractivity contribution >= 4 is 0 Å². The van der Waals surface area contributed by atoms with Crippen molar-refractivity contribution in [2.24, 2.45) is 0 Å². The van der Waals surface area contributed by atoms with Gasteiger partial charge in [0.15, 0.2) is 11.5 Å². The maximum atomic E-state index is 10.4. The van der Waals surface area contributed by atoms with Gasteiger partial charge < -0.3 is 32.3 Å². The molecular formula is C20H26ClNO3. The summed E-state index contributed by atoms with van der Waals surface area (Å²) in [5.74, 6) is 1.67. The number of ether oxygens (including phenoxy) is 2. The maximum absolute atomic E-state index is 10.4. The van der Waals surface area contributed by atoms with Crippen LogP contribution in [-0.4, -0.2) is 30.4 Å². The molecule has 0 saturated carbocycles. The lowest BCUT2D eigenvalue weighted by molar-refractivity contribution is -0.694. The van der Waals surface area contributed by atoms with Gasteiger partial charge in [0.2, 0.25) is 0 Å². The average molecular weight is 364 g/mol. The Morgan fingerprint density at radius 1 is 1.08 bits per heavy atom. The summed E-state index contributed by atoms with van der Waals surface area (Å²) in [7, 11) is 0. The number of nitrogens with two attached hydrogens (primary N) is 1. The van der Waals surface area contributed by atoms with Crippen LogP contribution in [0.25, 0.3) is 0 Å². The van der Waals surface area contributed by atoms with Crippen LogP contribution in [0.5, 0.6) is 11.5 Å². The lowest BCUT2D eigenvalue weighted by Crippen LogP contribution is -3.00. The second-order valence-corrected chi connectivity index (χ2v) is 6.38. The summed E-state index contributed by atoms with van der Waals surface area (Å²) in [6, 6.07) is 17.8. The van der Waals surface area contributed by atoms with Crippen molar-refractivity contribution in [3.05, 3.63) is 60.2 Å². The van der Waals surface area contributed by atoms with Gasteiger partial charge in [-0.05, 0) is 31.0 Å². The molecule has 0 aliphatic carbocycles. The van der Waals surface area contributed by atoms with Crippen molar-refractivity contribution in [3.8, 4) is 11.5 Å². The molecule has 5 heteroatoms. The number of fused-ring (bicyclic) bond motifs is 1. The van der Waals surface area contributed by atoms with Gasteiger partial charge in [-0.2, -0.15) is 0 Å². The molecule has 4 nitrogen and oxygen atoms in total. The molecule has 3 atom stereocenters. The van der Waals surface area contributed by atoms with E-state index in [0.29, 0.717) is 6.61 Å². The summed E-state index contributed by atoms with van der Waals surface area (Å²) in [6.45, 7) is 3.64. The minimum atomic E-state index is -0.438. The molecule has 0 saturated heterocycles. The Bertz CT molecular complexity index is 634. The zero-order chi connectivity index (χ0) is 16.8. The van der Waals surface area contributed by atoms with Gasteiger partial charge in [0.1, 0.15) is 24.9 Å². The first-order valence-corrected chi connectivity index (χ1v) is 8.69. The van der Waals surface area contributed by atoms with Crippen LogP contribution in [0, 0.1) is 0 Å². The predicted octanol–water partition coefficient (Wildman–Crippen LogP) is -0.704. The van der Waals surface area contributed by atoms with E-state index >= 15 is 0 Å². The Balaban J connectivity index is 0.00000225. The Morgan fingerprint density at radius 3 is 2.52 bits per heavy atom. The van der Waals surface area contributed by atoms with E-state index in [9.17, 15) is 5.11 Å². The molecule has 136 valence electrons. The number of halogens is 1. The van der Waals surface area contributed by atoms with Crippen molar-refractivity contribution in [2.45, 2.75) is 38.0 Å². The summed E-state index contributed by atoms with van der Waals surface area (Å²) in [5, 5.41) is 12.6. The Morgan fingerprint density at radius 2 is 1.76 bits per heavy atom. The van der Waals surface area contributed by atoms with Gasteiger partial charge >= 0.3 is 0 Å². The smallest absolute Gasteiger partial charge is 0.161 e. The summed E-state index contributed by atoms with van der Waals surface area (Å²) >= 11 is 0. The molecule has 0 aromatic heterocycles. The van der Waals surface area contributed by atoms with E-state index in [4.69, 9.17) is 9.47 Å². The van der Waals surface area contributed by atoms with E-state index in [-0.39, 0.29) is 24.6 Å². The number of quaternary nitrogens is 1. The van der Waals surface area contributed by atoms with Crippen LogP contribution in [-0.2, 0) is 0 Å². The lowest BCUT2D eigenvalue weighted by atomic mass is 10.0. The number of rotatable bonds is 7. The third-order valence-electron chi connectivity index (χ3n) is 4.48. The number of benzene rings is 2.